The van der Waals surface area contributed by atoms with Crippen molar-refractivity contribution in [3.8, 4) is 11.5 Å². The maximum atomic E-state index is 12.3. The summed E-state index contributed by atoms with van der Waals surface area (Å²) in [5.74, 6) is 1.34. The molecule has 2 aliphatic rings. The van der Waals surface area contributed by atoms with Crippen LogP contribution in [0.3, 0.4) is 0 Å². The minimum Gasteiger partial charge on any atom is -0.493 e. The predicted octanol–water partition coefficient (Wildman–Crippen LogP) is 2.71. The Bertz CT molecular complexity index is 721. The third kappa shape index (κ3) is 4.89. The molecule has 1 aromatic rings. The summed E-state index contributed by atoms with van der Waals surface area (Å²) in [5, 5.41) is 0. The van der Waals surface area contributed by atoms with E-state index in [1.165, 1.54) is 0 Å². The summed E-state index contributed by atoms with van der Waals surface area (Å²) in [6.45, 7) is 4.27. The lowest BCUT2D eigenvalue weighted by Gasteiger charge is -2.26. The Morgan fingerprint density at radius 1 is 1.30 bits per heavy atom. The number of ether oxygens (including phenoxy) is 3. The van der Waals surface area contributed by atoms with Gasteiger partial charge >= 0.3 is 0 Å². The van der Waals surface area contributed by atoms with Gasteiger partial charge in [-0.05, 0) is 48.6 Å². The van der Waals surface area contributed by atoms with Crippen LogP contribution in [0.15, 0.2) is 23.8 Å². The van der Waals surface area contributed by atoms with Gasteiger partial charge in [-0.15, -0.1) is 0 Å². The molecular weight excluding hydrogens is 346 g/mol. The number of morpholine rings is 1. The van der Waals surface area contributed by atoms with Crippen molar-refractivity contribution < 1.29 is 23.8 Å². The average Bonchev–Trinajstić information content (AvgIpc) is 2.70. The number of Topliss-reactive ketones (excluding diaryl/α,β-unsaturated/α-hetero) is 1. The zero-order valence-electron chi connectivity index (χ0n) is 16.0. The molecule has 0 aromatic heterocycles. The van der Waals surface area contributed by atoms with Crippen LogP contribution in [0.2, 0.25) is 0 Å². The van der Waals surface area contributed by atoms with Crippen LogP contribution in [0.1, 0.15) is 31.7 Å². The fourth-order valence-electron chi connectivity index (χ4n) is 3.45. The van der Waals surface area contributed by atoms with Gasteiger partial charge in [0.25, 0.3) is 5.91 Å². The first-order chi connectivity index (χ1) is 13.1. The molecule has 1 amide bonds. The van der Waals surface area contributed by atoms with Crippen LogP contribution in [0.5, 0.6) is 11.5 Å². The number of hydrogen-bond donors (Lipinski definition) is 0. The molecule has 1 heterocycles. The third-order valence-corrected chi connectivity index (χ3v) is 5.09. The van der Waals surface area contributed by atoms with Crippen LogP contribution in [0.25, 0.3) is 6.08 Å². The third-order valence-electron chi connectivity index (χ3n) is 5.09. The molecule has 1 atom stereocenters. The monoisotopic (exact) mass is 373 g/mol. The van der Waals surface area contributed by atoms with Gasteiger partial charge in [-0.3, -0.25) is 9.59 Å². The Hall–Kier alpha value is -2.34. The topological polar surface area (TPSA) is 65.1 Å². The molecule has 3 rings (SSSR count). The van der Waals surface area contributed by atoms with E-state index in [0.29, 0.717) is 37.8 Å². The van der Waals surface area contributed by atoms with Crippen LogP contribution < -0.4 is 9.47 Å². The standard InChI is InChI=1S/C21H27NO5/c1-15-4-3-5-17(21(15)24)12-16-6-7-18(19(13-16)25-2)27-14-20(23)22-8-10-26-11-9-22/h6-7,12-13,15H,3-5,8-11,14H2,1-2H3/b17-12+/t15-/m0/s1. The Morgan fingerprint density at radius 2 is 2.07 bits per heavy atom. The van der Waals surface area contributed by atoms with Crippen molar-refractivity contribution >= 4 is 17.8 Å². The lowest BCUT2D eigenvalue weighted by molar-refractivity contribution is -0.137. The Kier molecular flexibility index (Phi) is 6.50. The van der Waals surface area contributed by atoms with Crippen LogP contribution in [0.4, 0.5) is 0 Å². The quantitative estimate of drug-likeness (QED) is 0.743. The zero-order valence-corrected chi connectivity index (χ0v) is 16.0. The van der Waals surface area contributed by atoms with Gasteiger partial charge in [-0.2, -0.15) is 0 Å². The number of benzene rings is 1. The first kappa shape index (κ1) is 19.4. The van der Waals surface area contributed by atoms with Gasteiger partial charge in [0.15, 0.2) is 23.9 Å². The highest BCUT2D eigenvalue weighted by Gasteiger charge is 2.22. The highest BCUT2D eigenvalue weighted by Crippen LogP contribution is 2.31. The highest BCUT2D eigenvalue weighted by atomic mass is 16.5. The molecule has 146 valence electrons. The first-order valence-corrected chi connectivity index (χ1v) is 9.49. The van der Waals surface area contributed by atoms with Crippen molar-refractivity contribution in [2.75, 3.05) is 40.0 Å². The van der Waals surface area contributed by atoms with Crippen LogP contribution in [0, 0.1) is 5.92 Å². The lowest BCUT2D eigenvalue weighted by Crippen LogP contribution is -2.43. The maximum Gasteiger partial charge on any atom is 0.260 e. The first-order valence-electron chi connectivity index (χ1n) is 9.49. The van der Waals surface area contributed by atoms with Crippen molar-refractivity contribution in [1.82, 2.24) is 4.90 Å². The molecule has 1 aliphatic carbocycles. The van der Waals surface area contributed by atoms with Crippen molar-refractivity contribution in [2.24, 2.45) is 5.92 Å². The number of ketones is 1. The maximum absolute atomic E-state index is 12.3. The molecule has 1 saturated heterocycles. The SMILES string of the molecule is COc1cc(/C=C2\CCC[C@H](C)C2=O)ccc1OCC(=O)N1CCOCC1. The van der Waals surface area contributed by atoms with Gasteiger partial charge in [-0.25, -0.2) is 0 Å². The number of allylic oxidation sites excluding steroid dienone is 1. The van der Waals surface area contributed by atoms with Gasteiger partial charge < -0.3 is 19.1 Å². The summed E-state index contributed by atoms with van der Waals surface area (Å²) in [6, 6.07) is 5.51. The van der Waals surface area contributed by atoms with Crippen molar-refractivity contribution in [3.05, 3.63) is 29.3 Å². The number of carbonyl (C=O) groups excluding carboxylic acids is 2. The second-order valence-electron chi connectivity index (χ2n) is 7.02. The molecule has 6 heteroatoms. The van der Waals surface area contributed by atoms with E-state index in [1.807, 2.05) is 25.1 Å². The van der Waals surface area contributed by atoms with E-state index in [-0.39, 0.29) is 24.2 Å². The van der Waals surface area contributed by atoms with E-state index < -0.39 is 0 Å². The Labute approximate surface area is 160 Å². The minimum atomic E-state index is -0.0617. The minimum absolute atomic E-state index is 0.0349. The van der Waals surface area contributed by atoms with Crippen LogP contribution in [-0.2, 0) is 14.3 Å². The van der Waals surface area contributed by atoms with Gasteiger partial charge in [0.05, 0.1) is 20.3 Å². The summed E-state index contributed by atoms with van der Waals surface area (Å²) in [7, 11) is 1.57. The number of rotatable bonds is 5. The second kappa shape index (κ2) is 9.04. The van der Waals surface area contributed by atoms with Crippen molar-refractivity contribution in [2.45, 2.75) is 26.2 Å². The van der Waals surface area contributed by atoms with E-state index in [9.17, 15) is 9.59 Å². The van der Waals surface area contributed by atoms with E-state index in [4.69, 9.17) is 14.2 Å². The fraction of sp³-hybridized carbons (Fsp3) is 0.524. The summed E-state index contributed by atoms with van der Waals surface area (Å²) < 4.78 is 16.4. The molecule has 0 spiro atoms. The van der Waals surface area contributed by atoms with E-state index in [0.717, 1.165) is 30.4 Å². The fourth-order valence-corrected chi connectivity index (χ4v) is 3.45. The van der Waals surface area contributed by atoms with E-state index in [2.05, 4.69) is 0 Å². The number of methoxy groups -OCH3 is 1. The second-order valence-corrected chi connectivity index (χ2v) is 7.02. The van der Waals surface area contributed by atoms with Gasteiger partial charge in [0.1, 0.15) is 0 Å². The molecule has 2 fully saturated rings. The smallest absolute Gasteiger partial charge is 0.260 e. The molecule has 0 radical (unpaired) electrons. The average molecular weight is 373 g/mol. The summed E-state index contributed by atoms with van der Waals surface area (Å²) in [4.78, 5) is 26.3. The van der Waals surface area contributed by atoms with Crippen LogP contribution >= 0.6 is 0 Å². The summed E-state index contributed by atoms with van der Waals surface area (Å²) in [6.07, 6.45) is 4.76. The molecule has 0 N–H and O–H groups in total. The largest absolute Gasteiger partial charge is 0.493 e. The Morgan fingerprint density at radius 3 is 2.81 bits per heavy atom. The molecule has 6 nitrogen and oxygen atoms in total. The predicted molar refractivity (Wildman–Crippen MR) is 102 cm³/mol. The number of carbonyl (C=O) groups is 2. The highest BCUT2D eigenvalue weighted by molar-refractivity contribution is 6.01. The number of nitrogens with zero attached hydrogens (tertiary/aromatic N) is 1. The summed E-state index contributed by atoms with van der Waals surface area (Å²) in [5.41, 5.74) is 1.77. The number of amides is 1. The van der Waals surface area contributed by atoms with Crippen LogP contribution in [-0.4, -0.2) is 56.6 Å². The molecule has 0 bridgehead atoms. The van der Waals surface area contributed by atoms with Gasteiger partial charge in [-0.1, -0.05) is 13.0 Å². The molecule has 1 saturated carbocycles. The van der Waals surface area contributed by atoms with Gasteiger partial charge in [0.2, 0.25) is 0 Å². The zero-order chi connectivity index (χ0) is 19.2. The molecule has 27 heavy (non-hydrogen) atoms. The van der Waals surface area contributed by atoms with E-state index >= 15 is 0 Å². The molecular formula is C21H27NO5. The molecule has 0 unspecified atom stereocenters. The van der Waals surface area contributed by atoms with Crippen molar-refractivity contribution in [1.29, 1.82) is 0 Å². The van der Waals surface area contributed by atoms with Crippen molar-refractivity contribution in [3.63, 3.8) is 0 Å². The van der Waals surface area contributed by atoms with Gasteiger partial charge in [0, 0.05) is 19.0 Å². The molecule has 1 aliphatic heterocycles. The van der Waals surface area contributed by atoms with E-state index in [1.54, 1.807) is 18.1 Å². The normalized spacial score (nSPS) is 22.0. The Balaban J connectivity index is 1.67. The number of hydrogen-bond acceptors (Lipinski definition) is 5. The molecule has 1 aromatic carbocycles. The summed E-state index contributed by atoms with van der Waals surface area (Å²) >= 11 is 0. The lowest BCUT2D eigenvalue weighted by atomic mass is 9.84.